The Morgan fingerprint density at radius 1 is 0.542 bits per heavy atom. The molecule has 1 unspecified atom stereocenters. The van der Waals surface area contributed by atoms with Crippen molar-refractivity contribution in [3.63, 3.8) is 0 Å². The molecular formula is C79H73BrClN31O6. The van der Waals surface area contributed by atoms with Gasteiger partial charge in [-0.3, -0.25) is 24.7 Å². The van der Waals surface area contributed by atoms with Crippen molar-refractivity contribution in [1.29, 1.82) is 0 Å². The molecule has 17 aromatic rings. The molecule has 37 nitrogen and oxygen atoms in total. The van der Waals surface area contributed by atoms with Gasteiger partial charge in [-0.15, -0.1) is 37.1 Å². The maximum atomic E-state index is 11.5. The van der Waals surface area contributed by atoms with Crippen molar-refractivity contribution in [2.45, 2.75) is 64.5 Å². The van der Waals surface area contributed by atoms with Crippen molar-refractivity contribution in [3.05, 3.63) is 281 Å². The number of hydrazone groups is 1. The van der Waals surface area contributed by atoms with Crippen LogP contribution in [0.15, 0.2) is 224 Å². The molecule has 0 bridgehead atoms. The van der Waals surface area contributed by atoms with Gasteiger partial charge in [0.15, 0.2) is 5.78 Å². The average molecular weight is 1670 g/mol. The summed E-state index contributed by atoms with van der Waals surface area (Å²) in [6.45, 7) is 12.2. The van der Waals surface area contributed by atoms with Crippen LogP contribution in [0.2, 0.25) is 0 Å². The van der Waals surface area contributed by atoms with E-state index < -0.39 is 17.2 Å². The van der Waals surface area contributed by atoms with Crippen LogP contribution in [-0.2, 0) is 50.5 Å². The number of aldehydes is 1. The van der Waals surface area contributed by atoms with Crippen LogP contribution in [0, 0.1) is 0 Å². The van der Waals surface area contributed by atoms with E-state index in [0.29, 0.717) is 102 Å². The molecule has 39 heteroatoms. The van der Waals surface area contributed by atoms with E-state index in [1.165, 1.54) is 43.5 Å². The number of halogens is 2. The number of alkyl halides is 1. The van der Waals surface area contributed by atoms with Crippen LogP contribution in [0.3, 0.4) is 0 Å². The van der Waals surface area contributed by atoms with Gasteiger partial charge in [0, 0.05) is 72.5 Å². The molecule has 2 amide bonds. The van der Waals surface area contributed by atoms with Gasteiger partial charge in [0.2, 0.25) is 23.6 Å². The molecule has 4 aromatic carbocycles. The number of anilines is 3. The van der Waals surface area contributed by atoms with Crippen molar-refractivity contribution < 1.29 is 28.6 Å². The number of fused-ring (bicyclic) bond motifs is 7. The van der Waals surface area contributed by atoms with Crippen molar-refractivity contribution in [2.24, 2.45) is 10.8 Å². The number of benzene rings is 4. The van der Waals surface area contributed by atoms with Crippen LogP contribution in [0.1, 0.15) is 94.6 Å². The quantitative estimate of drug-likeness (QED) is 0.0150. The summed E-state index contributed by atoms with van der Waals surface area (Å²) in [6, 6.07) is 39.5. The molecule has 14 heterocycles. The van der Waals surface area contributed by atoms with Gasteiger partial charge in [0.1, 0.15) is 39.4 Å². The molecule has 1 atom stereocenters. The number of primary amides is 1. The number of rotatable bonds is 16. The van der Waals surface area contributed by atoms with Gasteiger partial charge in [-0.05, 0) is 138 Å². The van der Waals surface area contributed by atoms with Crippen LogP contribution in [0.25, 0.3) is 66.7 Å². The highest BCUT2D eigenvalue weighted by atomic mass is 79.9. The van der Waals surface area contributed by atoms with E-state index in [9.17, 15) is 14.4 Å². The predicted octanol–water partition coefficient (Wildman–Crippen LogP) is 9.32. The van der Waals surface area contributed by atoms with Gasteiger partial charge in [-0.2, -0.15) is 25.5 Å². The minimum absolute atomic E-state index is 0.115. The molecule has 0 saturated carbocycles. The Morgan fingerprint density at radius 3 is 1.39 bits per heavy atom. The van der Waals surface area contributed by atoms with Crippen LogP contribution in [-0.4, -0.2) is 173 Å². The minimum atomic E-state index is -0.850. The average Bonchev–Trinajstić information content (AvgIpc) is 1.62. The number of amides is 2. The van der Waals surface area contributed by atoms with Gasteiger partial charge in [-0.1, -0.05) is 55.1 Å². The van der Waals surface area contributed by atoms with Crippen LogP contribution >= 0.6 is 27.5 Å². The standard InChI is InChI=1S/C19H17N5O2.C18H16N8O.C17H13N5O.C12H10ClNO.C7H10N4O.C3H3BrN4.C3H4N4/c1-19(25-7-8-26-19)17-12-22-18-21-11-15(24(18)23-17)10-13-4-5-16-14(9-13)3-2-6-20-16;1-11(23-24-17(19)27)16-10-22-18-21-9-14(26(18)25-16)8-12-4-5-15-13(7-12)3-2-6-20-15;1-11(23)16-10-20-17-19-9-14(22(17)21-16)8-12-4-5-15-13(7-12)3-2-6-18-15;13-11(8-15)7-9-3-4-12-10(6-9)2-1-5-14-12;1-3-12-5(2)6-4-9-7(8)11-10-6;4-2-1-6-3(5)8-7-2;4-3-5-1-2-6-7-3/h2-6,9,11-12H,7-8,10H2,1H3;2-7,9-10H,8H2,1H3,(H3,19,24,27);2-7,9-10H,8H2,1H3;1-6,8,11H,7H2;4H,2-3H2,1H3,(H2,8,9,11);1H,(H2,5,6,8);1-2H,(H2,4,5,7)/b;23-11+;;;;;. The van der Waals surface area contributed by atoms with Gasteiger partial charge < -0.3 is 41.9 Å². The third kappa shape index (κ3) is 22.5. The van der Waals surface area contributed by atoms with Crippen LogP contribution in [0.4, 0.5) is 22.6 Å². The zero-order valence-corrected chi connectivity index (χ0v) is 65.9. The number of ketones is 1. The normalized spacial score (nSPS) is 12.2. The lowest BCUT2D eigenvalue weighted by Crippen LogP contribution is -2.25. The van der Waals surface area contributed by atoms with Crippen molar-refractivity contribution >= 4 is 136 Å². The molecule has 118 heavy (non-hydrogen) atoms. The monoisotopic (exact) mass is 1670 g/mol. The lowest BCUT2D eigenvalue weighted by molar-refractivity contribution is -0.153. The Labute approximate surface area is 684 Å². The maximum absolute atomic E-state index is 11.5. The first-order chi connectivity index (χ1) is 57.2. The van der Waals surface area contributed by atoms with E-state index in [2.05, 4.69) is 174 Å². The fourth-order valence-electron chi connectivity index (χ4n) is 11.3. The fraction of sp³-hybridized carbons (Fsp3) is 0.165. The molecule has 0 radical (unpaired) electrons. The number of urea groups is 1. The molecular weight excluding hydrogens is 1590 g/mol. The molecule has 1 aliphatic rings. The topological polar surface area (TPSA) is 504 Å². The number of nitrogens with zero attached hydrogens (tertiary/aromatic N) is 26. The Kier molecular flexibility index (Phi) is 27.8. The highest BCUT2D eigenvalue weighted by Crippen LogP contribution is 2.30. The molecule has 0 aliphatic carbocycles. The second-order valence-corrected chi connectivity index (χ2v) is 26.8. The highest BCUT2D eigenvalue weighted by molar-refractivity contribution is 9.10. The first-order valence-electron chi connectivity index (χ1n) is 35.9. The lowest BCUT2D eigenvalue weighted by Gasteiger charge is -2.20. The summed E-state index contributed by atoms with van der Waals surface area (Å²) in [6.07, 6.45) is 26.3. The van der Waals surface area contributed by atoms with E-state index in [4.69, 9.17) is 48.7 Å². The van der Waals surface area contributed by atoms with E-state index >= 15 is 0 Å². The van der Waals surface area contributed by atoms with Gasteiger partial charge in [0.05, 0.1) is 132 Å². The number of imidazole rings is 3. The predicted molar refractivity (Wildman–Crippen MR) is 442 cm³/mol. The summed E-state index contributed by atoms with van der Waals surface area (Å²) in [5, 5.41) is 42.5. The van der Waals surface area contributed by atoms with E-state index in [-0.39, 0.29) is 23.6 Å². The number of hydrogen-bond donors (Lipinski definition) is 5. The summed E-state index contributed by atoms with van der Waals surface area (Å²) in [7, 11) is 0. The Balaban J connectivity index is 0.000000132. The molecule has 1 aliphatic heterocycles. The number of aromatic nitrogens is 25. The number of pyridine rings is 4. The van der Waals surface area contributed by atoms with Crippen molar-refractivity contribution in [1.82, 2.24) is 130 Å². The number of hydrogen-bond acceptors (Lipinski definition) is 32. The first kappa shape index (κ1) is 82.6. The zero-order chi connectivity index (χ0) is 82.9. The fourth-order valence-corrected chi connectivity index (χ4v) is 11.6. The maximum Gasteiger partial charge on any atom is 0.332 e. The molecule has 18 rings (SSSR count). The van der Waals surface area contributed by atoms with E-state index in [0.717, 1.165) is 83.7 Å². The Bertz CT molecular complexity index is 6340. The summed E-state index contributed by atoms with van der Waals surface area (Å²) in [5.74, 6) is 1.58. The number of nitrogen functional groups attached to an aromatic ring is 3. The van der Waals surface area contributed by atoms with Crippen molar-refractivity contribution in [2.75, 3.05) is 37.0 Å². The lowest BCUT2D eigenvalue weighted by atomic mass is 10.1. The number of ether oxygens (including phenoxy) is 3. The molecule has 13 aromatic heterocycles. The third-order valence-electron chi connectivity index (χ3n) is 16.9. The SMILES string of the molecule is C/C(=N\NC(N)=O)c1cnc2ncc(Cc3ccc4ncccc4c3)n2n1.C=C(OCC)c1cnc(N)nn1.CC(=O)c1cnc2ncc(Cc3ccc4ncccc4c3)n2n1.CC1(c2cnc3ncc(Cc4ccc5ncccc5c4)n3n2)OCCO1.Nc1ncc(Br)nn1.Nc1nccnn1.O=CC(Cl)Cc1ccc2ncccc2c1. The number of carbonyl (C=O) groups excluding carboxylic acids is 3. The second-order valence-electron chi connectivity index (χ2n) is 25.4. The summed E-state index contributed by atoms with van der Waals surface area (Å²) >= 11 is 8.82. The number of nitrogens with two attached hydrogens (primary N) is 4. The number of Topliss-reactive ketones (excluding diaryl/α,β-unsaturated/α-hetero) is 1. The second kappa shape index (κ2) is 39.7. The largest absolute Gasteiger partial charge is 0.492 e. The Morgan fingerprint density at radius 2 is 0.975 bits per heavy atom. The molecule has 0 spiro atoms. The van der Waals surface area contributed by atoms with Crippen LogP contribution < -0.4 is 28.4 Å². The summed E-state index contributed by atoms with van der Waals surface area (Å²) in [4.78, 5) is 86.7. The smallest absolute Gasteiger partial charge is 0.332 e. The highest BCUT2D eigenvalue weighted by Gasteiger charge is 2.36. The Hall–Kier alpha value is -14.9. The first-order valence-corrected chi connectivity index (χ1v) is 37.2. The van der Waals surface area contributed by atoms with E-state index in [1.807, 2.05) is 111 Å². The third-order valence-corrected chi connectivity index (χ3v) is 17.5. The molecule has 9 N–H and O–H groups in total. The molecule has 1 fully saturated rings. The minimum Gasteiger partial charge on any atom is -0.492 e. The summed E-state index contributed by atoms with van der Waals surface area (Å²) in [5.41, 5.74) is 36.2. The van der Waals surface area contributed by atoms with Crippen LogP contribution in [0.5, 0.6) is 0 Å². The number of nitrogens with one attached hydrogen (secondary N) is 1. The van der Waals surface area contributed by atoms with Gasteiger partial charge in [0.25, 0.3) is 17.3 Å². The van der Waals surface area contributed by atoms with Gasteiger partial charge >= 0.3 is 6.03 Å². The molecule has 1 saturated heterocycles. The van der Waals surface area contributed by atoms with E-state index in [1.54, 1.807) is 70.0 Å². The van der Waals surface area contributed by atoms with Gasteiger partial charge in [-0.25, -0.2) is 68.6 Å². The molecule has 594 valence electrons. The zero-order valence-electron chi connectivity index (χ0n) is 63.6. The summed E-state index contributed by atoms with van der Waals surface area (Å²) < 4.78 is 22.1. The van der Waals surface area contributed by atoms with Crippen molar-refractivity contribution in [3.8, 4) is 0 Å². The number of carbonyl (C=O) groups is 3.